The van der Waals surface area contributed by atoms with Gasteiger partial charge in [-0.25, -0.2) is 13.1 Å². The Kier molecular flexibility index (Phi) is 6.10. The molecule has 0 radical (unpaired) electrons. The monoisotopic (exact) mass is 413 g/mol. The molecule has 0 atom stereocenters. The van der Waals surface area contributed by atoms with Gasteiger partial charge in [-0.3, -0.25) is 4.68 Å². The Balaban J connectivity index is 1.81. The fraction of sp³-hybridized carbons (Fsp3) is 0.318. The van der Waals surface area contributed by atoms with Gasteiger partial charge < -0.3 is 4.74 Å². The second kappa shape index (κ2) is 8.39. The summed E-state index contributed by atoms with van der Waals surface area (Å²) in [5.41, 5.74) is 5.40. The van der Waals surface area contributed by atoms with E-state index in [4.69, 9.17) is 4.74 Å². The summed E-state index contributed by atoms with van der Waals surface area (Å²) < 4.78 is 35.7. The smallest absolute Gasteiger partial charge is 0.240 e. The molecule has 1 N–H and O–H groups in total. The first kappa shape index (κ1) is 21.1. The molecule has 6 nitrogen and oxygen atoms in total. The molecule has 1 heterocycles. The number of nitrogens with zero attached hydrogens (tertiary/aromatic N) is 2. The van der Waals surface area contributed by atoms with E-state index in [1.807, 2.05) is 62.7 Å². The van der Waals surface area contributed by atoms with Crippen LogP contribution in [-0.4, -0.2) is 25.3 Å². The molecule has 0 aliphatic heterocycles. The van der Waals surface area contributed by atoms with Crippen molar-refractivity contribution in [3.05, 3.63) is 76.1 Å². The van der Waals surface area contributed by atoms with Crippen LogP contribution in [0.1, 0.15) is 33.6 Å². The Morgan fingerprint density at radius 2 is 1.66 bits per heavy atom. The molecule has 0 bridgehead atoms. The third kappa shape index (κ3) is 4.52. The van der Waals surface area contributed by atoms with Crippen molar-refractivity contribution in [2.24, 2.45) is 0 Å². The minimum absolute atomic E-state index is 0.193. The zero-order chi connectivity index (χ0) is 21.2. The van der Waals surface area contributed by atoms with Gasteiger partial charge in [0.15, 0.2) is 0 Å². The van der Waals surface area contributed by atoms with Gasteiger partial charge in [-0.1, -0.05) is 30.3 Å². The summed E-state index contributed by atoms with van der Waals surface area (Å²) in [6.45, 7) is 8.39. The minimum Gasteiger partial charge on any atom is -0.496 e. The van der Waals surface area contributed by atoms with Gasteiger partial charge in [-0.15, -0.1) is 0 Å². The van der Waals surface area contributed by atoms with Gasteiger partial charge >= 0.3 is 0 Å². The Morgan fingerprint density at radius 1 is 1.03 bits per heavy atom. The maximum Gasteiger partial charge on any atom is 0.240 e. The largest absolute Gasteiger partial charge is 0.496 e. The summed E-state index contributed by atoms with van der Waals surface area (Å²) >= 11 is 0. The quantitative estimate of drug-likeness (QED) is 0.642. The predicted octanol–water partition coefficient (Wildman–Crippen LogP) is 3.65. The third-order valence-corrected chi connectivity index (χ3v) is 6.47. The number of hydrogen-bond donors (Lipinski definition) is 1. The molecule has 0 fully saturated rings. The van der Waals surface area contributed by atoms with Crippen LogP contribution in [0.25, 0.3) is 0 Å². The van der Waals surface area contributed by atoms with Gasteiger partial charge in [0.2, 0.25) is 10.0 Å². The lowest BCUT2D eigenvalue weighted by Gasteiger charge is -2.13. The average Bonchev–Trinajstić information content (AvgIpc) is 2.93. The van der Waals surface area contributed by atoms with Gasteiger partial charge in [-0.2, -0.15) is 5.10 Å². The normalized spacial score (nSPS) is 11.6. The Hall–Kier alpha value is -2.64. The molecule has 7 heteroatoms. The summed E-state index contributed by atoms with van der Waals surface area (Å²) in [5.74, 6) is 0.706. The third-order valence-electron chi connectivity index (χ3n) is 5.09. The van der Waals surface area contributed by atoms with E-state index in [9.17, 15) is 8.42 Å². The van der Waals surface area contributed by atoms with Gasteiger partial charge in [0.05, 0.1) is 24.2 Å². The van der Waals surface area contributed by atoms with Crippen molar-refractivity contribution < 1.29 is 13.2 Å². The number of ether oxygens (including phenoxy) is 1. The van der Waals surface area contributed by atoms with Crippen LogP contribution in [0.15, 0.2) is 47.4 Å². The van der Waals surface area contributed by atoms with Crippen LogP contribution < -0.4 is 9.46 Å². The second-order valence-corrected chi connectivity index (χ2v) is 8.97. The fourth-order valence-electron chi connectivity index (χ4n) is 3.54. The van der Waals surface area contributed by atoms with E-state index in [0.29, 0.717) is 12.3 Å². The highest BCUT2D eigenvalue weighted by molar-refractivity contribution is 7.89. The fourth-order valence-corrected chi connectivity index (χ4v) is 4.70. The lowest BCUT2D eigenvalue weighted by molar-refractivity contribution is 0.408. The van der Waals surface area contributed by atoms with Crippen LogP contribution in [0, 0.1) is 27.7 Å². The zero-order valence-electron chi connectivity index (χ0n) is 17.5. The van der Waals surface area contributed by atoms with Gasteiger partial charge in [0.1, 0.15) is 5.75 Å². The Morgan fingerprint density at radius 3 is 2.24 bits per heavy atom. The standard InChI is InChI=1S/C22H27N3O3S/c1-15-11-20(12-16(2)22(15)28-5)29(26,27)23-13-21-17(3)24-25(18(21)4)14-19-9-7-6-8-10-19/h6-12,23H,13-14H2,1-5H3. The number of aromatic nitrogens is 2. The molecule has 0 saturated carbocycles. The lowest BCUT2D eigenvalue weighted by Crippen LogP contribution is -2.24. The highest BCUT2D eigenvalue weighted by Gasteiger charge is 2.19. The average molecular weight is 414 g/mol. The van der Waals surface area contributed by atoms with E-state index in [2.05, 4.69) is 9.82 Å². The molecule has 2 aromatic carbocycles. The summed E-state index contributed by atoms with van der Waals surface area (Å²) in [6, 6.07) is 13.3. The first-order chi connectivity index (χ1) is 13.7. The molecule has 0 spiro atoms. The topological polar surface area (TPSA) is 73.2 Å². The zero-order valence-corrected chi connectivity index (χ0v) is 18.3. The Bertz CT molecular complexity index is 1100. The van der Waals surface area contributed by atoms with Crippen molar-refractivity contribution in [3.8, 4) is 5.75 Å². The second-order valence-electron chi connectivity index (χ2n) is 7.21. The molecule has 0 saturated heterocycles. The van der Waals surface area contributed by atoms with Crippen molar-refractivity contribution in [2.75, 3.05) is 7.11 Å². The number of benzene rings is 2. The summed E-state index contributed by atoms with van der Waals surface area (Å²) in [4.78, 5) is 0.236. The SMILES string of the molecule is COc1c(C)cc(S(=O)(=O)NCc2c(C)nn(Cc3ccccc3)c2C)cc1C. The molecule has 1 aromatic heterocycles. The van der Waals surface area contributed by atoms with Crippen molar-refractivity contribution in [1.82, 2.24) is 14.5 Å². The molecule has 29 heavy (non-hydrogen) atoms. The van der Waals surface area contributed by atoms with Crippen LogP contribution >= 0.6 is 0 Å². The van der Waals surface area contributed by atoms with E-state index < -0.39 is 10.0 Å². The highest BCUT2D eigenvalue weighted by atomic mass is 32.2. The molecule has 0 amide bonds. The molecule has 154 valence electrons. The van der Waals surface area contributed by atoms with Crippen molar-refractivity contribution in [2.45, 2.75) is 45.7 Å². The minimum atomic E-state index is -3.65. The van der Waals surface area contributed by atoms with Crippen LogP contribution in [0.3, 0.4) is 0 Å². The highest BCUT2D eigenvalue weighted by Crippen LogP contribution is 2.26. The molecular formula is C22H27N3O3S. The van der Waals surface area contributed by atoms with Crippen LogP contribution in [0.5, 0.6) is 5.75 Å². The van der Waals surface area contributed by atoms with Crippen LogP contribution in [0.4, 0.5) is 0 Å². The molecule has 0 aliphatic carbocycles. The number of hydrogen-bond acceptors (Lipinski definition) is 4. The number of methoxy groups -OCH3 is 1. The Labute approximate surface area is 172 Å². The molecule has 0 aliphatic rings. The maximum absolute atomic E-state index is 12.9. The van der Waals surface area contributed by atoms with Gasteiger partial charge in [-0.05, 0) is 56.5 Å². The van der Waals surface area contributed by atoms with Crippen molar-refractivity contribution >= 4 is 10.0 Å². The first-order valence-electron chi connectivity index (χ1n) is 9.44. The van der Waals surface area contributed by atoms with Crippen LogP contribution in [0.2, 0.25) is 0 Å². The summed E-state index contributed by atoms with van der Waals surface area (Å²) in [5, 5.41) is 4.60. The van der Waals surface area contributed by atoms with E-state index in [0.717, 1.165) is 33.6 Å². The maximum atomic E-state index is 12.9. The van der Waals surface area contributed by atoms with Gasteiger partial charge in [0, 0.05) is 17.8 Å². The molecule has 0 unspecified atom stereocenters. The molecular weight excluding hydrogens is 386 g/mol. The number of rotatable bonds is 7. The van der Waals surface area contributed by atoms with E-state index in [1.54, 1.807) is 19.2 Å². The molecule has 3 rings (SSSR count). The summed E-state index contributed by atoms with van der Waals surface area (Å²) in [7, 11) is -2.07. The van der Waals surface area contributed by atoms with Crippen molar-refractivity contribution in [3.63, 3.8) is 0 Å². The summed E-state index contributed by atoms with van der Waals surface area (Å²) in [6.07, 6.45) is 0. The van der Waals surface area contributed by atoms with Crippen LogP contribution in [-0.2, 0) is 23.1 Å². The number of sulfonamides is 1. The van der Waals surface area contributed by atoms with Crippen molar-refractivity contribution in [1.29, 1.82) is 0 Å². The van der Waals surface area contributed by atoms with Gasteiger partial charge in [0.25, 0.3) is 0 Å². The predicted molar refractivity (Wildman–Crippen MR) is 114 cm³/mol. The molecule has 3 aromatic rings. The lowest BCUT2D eigenvalue weighted by atomic mass is 10.1. The van der Waals surface area contributed by atoms with E-state index in [1.165, 1.54) is 0 Å². The van der Waals surface area contributed by atoms with E-state index >= 15 is 0 Å². The number of nitrogens with one attached hydrogen (secondary N) is 1. The number of aryl methyl sites for hydroxylation is 3. The van der Waals surface area contributed by atoms with E-state index in [-0.39, 0.29) is 11.4 Å². The first-order valence-corrected chi connectivity index (χ1v) is 10.9.